The topological polar surface area (TPSA) is 87.7 Å². The summed E-state index contributed by atoms with van der Waals surface area (Å²) < 4.78 is 6.58. The molecule has 7 heteroatoms. The van der Waals surface area contributed by atoms with Crippen LogP contribution in [0.5, 0.6) is 5.88 Å². The predicted octanol–water partition coefficient (Wildman–Crippen LogP) is 4.99. The normalized spacial score (nSPS) is 15.7. The van der Waals surface area contributed by atoms with E-state index in [1.54, 1.807) is 11.8 Å². The molecule has 0 radical (unpaired) electrons. The maximum atomic E-state index is 9.73. The highest BCUT2D eigenvalue weighted by Crippen LogP contribution is 2.44. The van der Waals surface area contributed by atoms with Crippen molar-refractivity contribution >= 4 is 27.7 Å². The summed E-state index contributed by atoms with van der Waals surface area (Å²) in [4.78, 5) is 1.17. The molecule has 0 saturated carbocycles. The minimum absolute atomic E-state index is 0.101. The lowest BCUT2D eigenvalue weighted by atomic mass is 9.84. The zero-order valence-corrected chi connectivity index (χ0v) is 17.5. The van der Waals surface area contributed by atoms with E-state index in [9.17, 15) is 5.26 Å². The third kappa shape index (κ3) is 3.53. The van der Waals surface area contributed by atoms with Crippen molar-refractivity contribution in [2.24, 2.45) is 5.73 Å². The van der Waals surface area contributed by atoms with Gasteiger partial charge in [-0.25, -0.2) is 0 Å². The fourth-order valence-electron chi connectivity index (χ4n) is 3.23. The average Bonchev–Trinajstić information content (AvgIpc) is 3.08. The van der Waals surface area contributed by atoms with Gasteiger partial charge in [-0.2, -0.15) is 5.26 Å². The molecule has 5 nitrogen and oxygen atoms in total. The number of rotatable bonds is 4. The van der Waals surface area contributed by atoms with Crippen LogP contribution >= 0.6 is 27.7 Å². The van der Waals surface area contributed by atoms with E-state index < -0.39 is 0 Å². The van der Waals surface area contributed by atoms with E-state index in [-0.39, 0.29) is 11.8 Å². The van der Waals surface area contributed by atoms with Gasteiger partial charge in [0, 0.05) is 15.1 Å². The van der Waals surface area contributed by atoms with E-state index in [1.807, 2.05) is 24.3 Å². The van der Waals surface area contributed by atoms with Crippen LogP contribution in [0.15, 0.2) is 69.4 Å². The molecule has 0 spiro atoms. The van der Waals surface area contributed by atoms with Gasteiger partial charge in [0.15, 0.2) is 0 Å². The van der Waals surface area contributed by atoms with Crippen molar-refractivity contribution in [2.45, 2.75) is 23.5 Å². The van der Waals surface area contributed by atoms with Crippen molar-refractivity contribution in [1.29, 1.82) is 5.26 Å². The molecular formula is C21H17BrN4OS. The van der Waals surface area contributed by atoms with Gasteiger partial charge in [-0.1, -0.05) is 45.8 Å². The molecule has 1 atom stereocenters. The third-order valence-corrected chi connectivity index (χ3v) is 6.14. The molecule has 0 bridgehead atoms. The minimum atomic E-state index is -0.321. The molecule has 1 aliphatic heterocycles. The Labute approximate surface area is 175 Å². The summed E-state index contributed by atoms with van der Waals surface area (Å²) >= 11 is 5.22. The molecule has 3 N–H and O–H groups in total. The van der Waals surface area contributed by atoms with Crippen molar-refractivity contribution in [2.75, 3.05) is 0 Å². The van der Waals surface area contributed by atoms with E-state index in [4.69, 9.17) is 10.5 Å². The number of halogens is 1. The fraction of sp³-hybridized carbons (Fsp3) is 0.143. The van der Waals surface area contributed by atoms with Gasteiger partial charge in [0.25, 0.3) is 0 Å². The van der Waals surface area contributed by atoms with Crippen LogP contribution in [0.25, 0.3) is 0 Å². The first-order valence-electron chi connectivity index (χ1n) is 8.66. The molecule has 0 saturated heterocycles. The minimum Gasteiger partial charge on any atom is -0.420 e. The number of H-pyrrole nitrogens is 1. The second-order valence-electron chi connectivity index (χ2n) is 6.50. The third-order valence-electron chi connectivity index (χ3n) is 4.60. The lowest BCUT2D eigenvalue weighted by molar-refractivity contribution is 0.379. The van der Waals surface area contributed by atoms with Crippen LogP contribution in [0, 0.1) is 18.3 Å². The van der Waals surface area contributed by atoms with E-state index in [2.05, 4.69) is 63.4 Å². The first kappa shape index (κ1) is 18.7. The molecule has 1 aromatic heterocycles. The molecule has 0 amide bonds. The zero-order chi connectivity index (χ0) is 19.7. The molecule has 28 heavy (non-hydrogen) atoms. The van der Waals surface area contributed by atoms with Crippen LogP contribution in [-0.4, -0.2) is 10.2 Å². The molecule has 2 aromatic carbocycles. The number of benzene rings is 2. The Hall–Kier alpha value is -2.69. The second-order valence-corrected chi connectivity index (χ2v) is 8.47. The quantitative estimate of drug-likeness (QED) is 0.544. The zero-order valence-electron chi connectivity index (χ0n) is 15.1. The number of hydrogen-bond acceptors (Lipinski definition) is 5. The Balaban J connectivity index is 1.73. The molecule has 1 aliphatic rings. The van der Waals surface area contributed by atoms with Gasteiger partial charge in [0.05, 0.1) is 17.2 Å². The molecular weight excluding hydrogens is 436 g/mol. The summed E-state index contributed by atoms with van der Waals surface area (Å²) in [5.74, 6) is 0.890. The van der Waals surface area contributed by atoms with E-state index in [1.165, 1.54) is 10.5 Å². The highest BCUT2D eigenvalue weighted by atomic mass is 79.9. The maximum Gasteiger partial charge on any atom is 0.244 e. The van der Waals surface area contributed by atoms with Gasteiger partial charge in [-0.3, -0.25) is 5.10 Å². The Kier molecular flexibility index (Phi) is 5.16. The summed E-state index contributed by atoms with van der Waals surface area (Å²) in [7, 11) is 0. The van der Waals surface area contributed by atoms with Gasteiger partial charge >= 0.3 is 0 Å². The molecule has 3 aromatic rings. The lowest BCUT2D eigenvalue weighted by Crippen LogP contribution is -2.21. The fourth-order valence-corrected chi connectivity index (χ4v) is 4.50. The summed E-state index contributed by atoms with van der Waals surface area (Å²) in [5.41, 5.74) is 10.4. The summed E-state index contributed by atoms with van der Waals surface area (Å²) in [6.07, 6.45) is 0. The molecule has 140 valence electrons. The van der Waals surface area contributed by atoms with Crippen LogP contribution in [-0.2, 0) is 5.75 Å². The Morgan fingerprint density at radius 1 is 1.29 bits per heavy atom. The Morgan fingerprint density at radius 2 is 2.07 bits per heavy atom. The Morgan fingerprint density at radius 3 is 2.79 bits per heavy atom. The SMILES string of the molecule is Cc1ccc(SCc2[nH]nc3c2[C@H](c2cccc(Br)c2)C(C#N)=C(N)O3)cc1. The first-order valence-corrected chi connectivity index (χ1v) is 10.4. The number of thioether (sulfide) groups is 1. The number of aromatic amines is 1. The summed E-state index contributed by atoms with van der Waals surface area (Å²) in [6, 6.07) is 18.5. The lowest BCUT2D eigenvalue weighted by Gasteiger charge is -2.24. The monoisotopic (exact) mass is 452 g/mol. The maximum absolute atomic E-state index is 9.73. The first-order chi connectivity index (χ1) is 13.6. The van der Waals surface area contributed by atoms with Gasteiger partial charge in [-0.15, -0.1) is 16.9 Å². The van der Waals surface area contributed by atoms with Crippen molar-refractivity contribution < 1.29 is 4.74 Å². The van der Waals surface area contributed by atoms with Crippen LogP contribution in [0.3, 0.4) is 0 Å². The van der Waals surface area contributed by atoms with Gasteiger partial charge < -0.3 is 10.5 Å². The number of aryl methyl sites for hydroxylation is 1. The van der Waals surface area contributed by atoms with E-state index in [0.29, 0.717) is 17.2 Å². The standard InChI is InChI=1S/C21H17BrN4OS/c1-12-5-7-15(8-6-12)28-11-17-19-18(13-3-2-4-14(22)9-13)16(10-23)20(24)27-21(19)26-25-17/h2-9,18H,11,24H2,1H3,(H,25,26)/t18-/m1/s1. The van der Waals surface area contributed by atoms with Crippen molar-refractivity contribution in [3.63, 3.8) is 0 Å². The number of nitrogens with zero attached hydrogens (tertiary/aromatic N) is 2. The number of fused-ring (bicyclic) bond motifs is 1. The number of nitriles is 1. The molecule has 4 rings (SSSR count). The van der Waals surface area contributed by atoms with E-state index in [0.717, 1.165) is 21.3 Å². The number of nitrogens with two attached hydrogens (primary N) is 1. The van der Waals surface area contributed by atoms with Gasteiger partial charge in [0.2, 0.25) is 11.8 Å². The van der Waals surface area contributed by atoms with Crippen LogP contribution in [0.4, 0.5) is 0 Å². The molecule has 0 aliphatic carbocycles. The van der Waals surface area contributed by atoms with Crippen LogP contribution in [0.1, 0.15) is 28.3 Å². The van der Waals surface area contributed by atoms with Crippen LogP contribution < -0.4 is 10.5 Å². The predicted molar refractivity (Wildman–Crippen MR) is 113 cm³/mol. The Bertz CT molecular complexity index is 1100. The number of ether oxygens (including phenoxy) is 1. The average molecular weight is 453 g/mol. The van der Waals surface area contributed by atoms with E-state index >= 15 is 0 Å². The number of nitrogens with one attached hydrogen (secondary N) is 1. The van der Waals surface area contributed by atoms with Gasteiger partial charge in [-0.05, 0) is 36.8 Å². The summed E-state index contributed by atoms with van der Waals surface area (Å²) in [5, 5.41) is 17.1. The van der Waals surface area contributed by atoms with Crippen molar-refractivity contribution in [3.05, 3.63) is 86.8 Å². The molecule has 2 heterocycles. The number of aromatic nitrogens is 2. The highest BCUT2D eigenvalue weighted by Gasteiger charge is 2.35. The number of hydrogen-bond donors (Lipinski definition) is 2. The van der Waals surface area contributed by atoms with Crippen molar-refractivity contribution in [3.8, 4) is 11.9 Å². The smallest absolute Gasteiger partial charge is 0.244 e. The number of allylic oxidation sites excluding steroid dienone is 1. The molecule has 0 unspecified atom stereocenters. The molecule has 0 fully saturated rings. The second kappa shape index (κ2) is 7.74. The van der Waals surface area contributed by atoms with Crippen molar-refractivity contribution in [1.82, 2.24) is 10.2 Å². The van der Waals surface area contributed by atoms with Crippen LogP contribution in [0.2, 0.25) is 0 Å². The largest absolute Gasteiger partial charge is 0.420 e. The highest BCUT2D eigenvalue weighted by molar-refractivity contribution is 9.10. The summed E-state index contributed by atoms with van der Waals surface area (Å²) in [6.45, 7) is 2.07. The van der Waals surface area contributed by atoms with Gasteiger partial charge in [0.1, 0.15) is 11.6 Å².